The van der Waals surface area contributed by atoms with Gasteiger partial charge in [0.15, 0.2) is 0 Å². The summed E-state index contributed by atoms with van der Waals surface area (Å²) in [5.41, 5.74) is 1.25. The summed E-state index contributed by atoms with van der Waals surface area (Å²) in [7, 11) is 0. The van der Waals surface area contributed by atoms with Gasteiger partial charge >= 0.3 is 0 Å². The van der Waals surface area contributed by atoms with E-state index >= 15 is 0 Å². The van der Waals surface area contributed by atoms with E-state index in [4.69, 9.17) is 4.74 Å². The predicted molar refractivity (Wildman–Crippen MR) is 81.4 cm³/mol. The summed E-state index contributed by atoms with van der Waals surface area (Å²) in [6.45, 7) is 7.00. The third-order valence-electron chi connectivity index (χ3n) is 2.90. The second-order valence-corrected chi connectivity index (χ2v) is 4.67. The van der Waals surface area contributed by atoms with Crippen LogP contribution in [0, 0.1) is 6.92 Å². The first-order valence-corrected chi connectivity index (χ1v) is 7.07. The number of aryl methyl sites for hydroxylation is 2. The Kier molecular flexibility index (Phi) is 4.93. The zero-order valence-electron chi connectivity index (χ0n) is 12.3. The van der Waals surface area contributed by atoms with E-state index in [1.165, 1.54) is 5.56 Å². The van der Waals surface area contributed by atoms with Gasteiger partial charge in [-0.2, -0.15) is 4.98 Å². The van der Waals surface area contributed by atoms with Crippen molar-refractivity contribution in [2.45, 2.75) is 33.6 Å². The maximum Gasteiger partial charge on any atom is 0.224 e. The average molecular weight is 271 g/mol. The molecule has 0 radical (unpaired) electrons. The lowest BCUT2D eigenvalue weighted by atomic mass is 10.2. The summed E-state index contributed by atoms with van der Waals surface area (Å²) in [6.07, 6.45) is 2.04. The van der Waals surface area contributed by atoms with Crippen LogP contribution in [0.5, 0.6) is 11.6 Å². The summed E-state index contributed by atoms with van der Waals surface area (Å²) < 4.78 is 5.83. The van der Waals surface area contributed by atoms with Crippen molar-refractivity contribution in [1.82, 2.24) is 9.97 Å². The van der Waals surface area contributed by atoms with Gasteiger partial charge in [0.05, 0.1) is 0 Å². The van der Waals surface area contributed by atoms with Crippen LogP contribution in [0.3, 0.4) is 0 Å². The van der Waals surface area contributed by atoms with E-state index in [0.29, 0.717) is 11.7 Å². The topological polar surface area (TPSA) is 47.0 Å². The van der Waals surface area contributed by atoms with Crippen molar-refractivity contribution in [2.24, 2.45) is 0 Å². The lowest BCUT2D eigenvalue weighted by Gasteiger charge is -2.09. The van der Waals surface area contributed by atoms with E-state index in [0.717, 1.165) is 31.0 Å². The van der Waals surface area contributed by atoms with E-state index < -0.39 is 0 Å². The largest absolute Gasteiger partial charge is 0.439 e. The van der Waals surface area contributed by atoms with Crippen molar-refractivity contribution >= 4 is 5.82 Å². The van der Waals surface area contributed by atoms with Crippen LogP contribution in [0.15, 0.2) is 30.3 Å². The number of benzene rings is 1. The number of rotatable bonds is 6. The second kappa shape index (κ2) is 6.89. The Morgan fingerprint density at radius 3 is 2.75 bits per heavy atom. The molecule has 4 heteroatoms. The zero-order chi connectivity index (χ0) is 14.4. The van der Waals surface area contributed by atoms with Crippen molar-refractivity contribution in [3.63, 3.8) is 0 Å². The third kappa shape index (κ3) is 3.95. The minimum Gasteiger partial charge on any atom is -0.439 e. The number of aromatic nitrogens is 2. The van der Waals surface area contributed by atoms with Gasteiger partial charge in [0, 0.05) is 12.6 Å². The summed E-state index contributed by atoms with van der Waals surface area (Å²) >= 11 is 0. The first-order chi connectivity index (χ1) is 9.71. The molecular formula is C16H21N3O. The van der Waals surface area contributed by atoms with Crippen molar-refractivity contribution in [1.29, 1.82) is 0 Å². The zero-order valence-corrected chi connectivity index (χ0v) is 12.3. The van der Waals surface area contributed by atoms with Crippen LogP contribution < -0.4 is 10.1 Å². The van der Waals surface area contributed by atoms with Gasteiger partial charge < -0.3 is 10.1 Å². The van der Waals surface area contributed by atoms with E-state index in [2.05, 4.69) is 35.2 Å². The molecule has 1 heterocycles. The maximum absolute atomic E-state index is 5.83. The molecule has 106 valence electrons. The highest BCUT2D eigenvalue weighted by molar-refractivity contribution is 5.40. The molecule has 0 spiro atoms. The fraction of sp³-hybridized carbons (Fsp3) is 0.375. The number of nitrogens with one attached hydrogen (secondary N) is 1. The Balaban J connectivity index is 2.17. The molecule has 0 fully saturated rings. The number of ether oxygens (including phenoxy) is 1. The molecule has 0 aliphatic rings. The van der Waals surface area contributed by atoms with E-state index in [1.54, 1.807) is 0 Å². The molecule has 0 bridgehead atoms. The second-order valence-electron chi connectivity index (χ2n) is 4.67. The summed E-state index contributed by atoms with van der Waals surface area (Å²) in [4.78, 5) is 8.66. The molecule has 0 saturated heterocycles. The Labute approximate surface area is 120 Å². The van der Waals surface area contributed by atoms with Crippen LogP contribution in [0.2, 0.25) is 0 Å². The Hall–Kier alpha value is -2.10. The minimum absolute atomic E-state index is 0.573. The van der Waals surface area contributed by atoms with Crippen molar-refractivity contribution < 1.29 is 4.74 Å². The van der Waals surface area contributed by atoms with Crippen LogP contribution in [0.25, 0.3) is 0 Å². The van der Waals surface area contributed by atoms with E-state index in [-0.39, 0.29) is 0 Å². The van der Waals surface area contributed by atoms with Gasteiger partial charge in [-0.15, -0.1) is 0 Å². The first-order valence-electron chi connectivity index (χ1n) is 7.07. The van der Waals surface area contributed by atoms with E-state index in [9.17, 15) is 0 Å². The summed E-state index contributed by atoms with van der Waals surface area (Å²) in [5.74, 6) is 2.89. The molecule has 0 aliphatic carbocycles. The fourth-order valence-electron chi connectivity index (χ4n) is 1.89. The van der Waals surface area contributed by atoms with Gasteiger partial charge in [-0.3, -0.25) is 0 Å². The predicted octanol–water partition coefficient (Wildman–Crippen LogP) is 3.96. The molecule has 2 rings (SSSR count). The highest BCUT2D eigenvalue weighted by Crippen LogP contribution is 2.22. The Morgan fingerprint density at radius 2 is 2.00 bits per heavy atom. The standard InChI is InChI=1S/C16H21N3O/c1-4-9-17-15-11-16(19-12(3)18-15)20-14-8-6-7-13(5-2)10-14/h6-8,10-11H,4-5,9H2,1-3H3,(H,17,18,19). The van der Waals surface area contributed by atoms with Crippen molar-refractivity contribution in [3.8, 4) is 11.6 Å². The summed E-state index contributed by atoms with van der Waals surface area (Å²) in [5, 5.41) is 3.25. The molecule has 1 aromatic heterocycles. The number of hydrogen-bond donors (Lipinski definition) is 1. The van der Waals surface area contributed by atoms with E-state index in [1.807, 2.05) is 31.2 Å². The minimum atomic E-state index is 0.573. The SMILES string of the molecule is CCCNc1cc(Oc2cccc(CC)c2)nc(C)n1. The summed E-state index contributed by atoms with van der Waals surface area (Å²) in [6, 6.07) is 9.90. The van der Waals surface area contributed by atoms with Crippen LogP contribution in [0.1, 0.15) is 31.7 Å². The molecule has 0 amide bonds. The van der Waals surface area contributed by atoms with Crippen molar-refractivity contribution in [3.05, 3.63) is 41.7 Å². The van der Waals surface area contributed by atoms with Gasteiger partial charge in [0.1, 0.15) is 17.4 Å². The molecule has 1 N–H and O–H groups in total. The highest BCUT2D eigenvalue weighted by atomic mass is 16.5. The number of hydrogen-bond acceptors (Lipinski definition) is 4. The molecule has 2 aromatic rings. The monoisotopic (exact) mass is 271 g/mol. The van der Waals surface area contributed by atoms with Crippen LogP contribution in [0.4, 0.5) is 5.82 Å². The first kappa shape index (κ1) is 14.3. The molecule has 4 nitrogen and oxygen atoms in total. The number of anilines is 1. The normalized spacial score (nSPS) is 10.3. The van der Waals surface area contributed by atoms with Gasteiger partial charge in [-0.25, -0.2) is 4.98 Å². The third-order valence-corrected chi connectivity index (χ3v) is 2.90. The Morgan fingerprint density at radius 1 is 1.15 bits per heavy atom. The molecular weight excluding hydrogens is 250 g/mol. The lowest BCUT2D eigenvalue weighted by molar-refractivity contribution is 0.459. The maximum atomic E-state index is 5.83. The molecule has 0 atom stereocenters. The molecule has 20 heavy (non-hydrogen) atoms. The lowest BCUT2D eigenvalue weighted by Crippen LogP contribution is -2.04. The van der Waals surface area contributed by atoms with Crippen LogP contribution >= 0.6 is 0 Å². The molecule has 0 aliphatic heterocycles. The molecule has 0 unspecified atom stereocenters. The number of nitrogens with zero attached hydrogens (tertiary/aromatic N) is 2. The highest BCUT2D eigenvalue weighted by Gasteiger charge is 2.04. The smallest absolute Gasteiger partial charge is 0.224 e. The Bertz CT molecular complexity index is 569. The van der Waals surface area contributed by atoms with Gasteiger partial charge in [-0.05, 0) is 37.5 Å². The molecule has 0 saturated carbocycles. The van der Waals surface area contributed by atoms with Crippen LogP contribution in [-0.2, 0) is 6.42 Å². The quantitative estimate of drug-likeness (QED) is 0.863. The average Bonchev–Trinajstić information content (AvgIpc) is 2.44. The van der Waals surface area contributed by atoms with Gasteiger partial charge in [-0.1, -0.05) is 26.0 Å². The van der Waals surface area contributed by atoms with Gasteiger partial charge in [0.2, 0.25) is 5.88 Å². The fourth-order valence-corrected chi connectivity index (χ4v) is 1.89. The molecule has 1 aromatic carbocycles. The van der Waals surface area contributed by atoms with Gasteiger partial charge in [0.25, 0.3) is 0 Å². The van der Waals surface area contributed by atoms with Crippen molar-refractivity contribution in [2.75, 3.05) is 11.9 Å². The van der Waals surface area contributed by atoms with Crippen LogP contribution in [-0.4, -0.2) is 16.5 Å².